The van der Waals surface area contributed by atoms with Gasteiger partial charge in [-0.2, -0.15) is 0 Å². The van der Waals surface area contributed by atoms with Crippen molar-refractivity contribution in [3.8, 4) is 0 Å². The molecule has 0 saturated carbocycles. The van der Waals surface area contributed by atoms with Crippen LogP contribution in [0.1, 0.15) is 42.0 Å². The van der Waals surface area contributed by atoms with Crippen LogP contribution in [0.3, 0.4) is 0 Å². The van der Waals surface area contributed by atoms with E-state index in [-0.39, 0.29) is 11.9 Å². The molecule has 0 bridgehead atoms. The fourth-order valence-corrected chi connectivity index (χ4v) is 3.25. The maximum atomic E-state index is 11.9. The van der Waals surface area contributed by atoms with Gasteiger partial charge in [0.15, 0.2) is 0 Å². The van der Waals surface area contributed by atoms with Crippen molar-refractivity contribution in [1.29, 1.82) is 0 Å². The van der Waals surface area contributed by atoms with E-state index in [1.54, 1.807) is 11.3 Å². The number of carbonyl (C=O) groups is 1. The highest BCUT2D eigenvalue weighted by Gasteiger charge is 2.17. The lowest BCUT2D eigenvalue weighted by atomic mass is 10.0. The number of amides is 1. The third-order valence-corrected chi connectivity index (χ3v) is 4.69. The molecule has 1 aliphatic heterocycles. The molecule has 1 aliphatic rings. The Kier molecular flexibility index (Phi) is 4.78. The van der Waals surface area contributed by atoms with Gasteiger partial charge in [0.25, 0.3) is 0 Å². The lowest BCUT2D eigenvalue weighted by Gasteiger charge is -2.13. The van der Waals surface area contributed by atoms with E-state index in [0.29, 0.717) is 12.3 Å². The molecule has 2 unspecified atom stereocenters. The Morgan fingerprint density at radius 3 is 3.06 bits per heavy atom. The molecule has 4 heteroatoms. The fourth-order valence-electron chi connectivity index (χ4n) is 2.37. The average Bonchev–Trinajstić information content (AvgIpc) is 2.97. The maximum absolute atomic E-state index is 11.9. The van der Waals surface area contributed by atoms with Crippen molar-refractivity contribution in [2.24, 2.45) is 5.92 Å². The number of carbonyl (C=O) groups excluding carboxylic acids is 1. The van der Waals surface area contributed by atoms with E-state index in [9.17, 15) is 4.79 Å². The van der Waals surface area contributed by atoms with Crippen molar-refractivity contribution in [2.75, 3.05) is 13.1 Å². The monoisotopic (exact) mass is 266 g/mol. The Morgan fingerprint density at radius 1 is 1.61 bits per heavy atom. The number of aryl methyl sites for hydroxylation is 1. The van der Waals surface area contributed by atoms with Crippen LogP contribution in [0.4, 0.5) is 0 Å². The molecule has 1 aromatic heterocycles. The molecule has 1 aromatic rings. The van der Waals surface area contributed by atoms with Crippen molar-refractivity contribution < 1.29 is 4.79 Å². The second kappa shape index (κ2) is 6.34. The van der Waals surface area contributed by atoms with Gasteiger partial charge in [0.1, 0.15) is 0 Å². The van der Waals surface area contributed by atoms with Crippen molar-refractivity contribution in [1.82, 2.24) is 10.6 Å². The van der Waals surface area contributed by atoms with Crippen LogP contribution in [0, 0.1) is 12.8 Å². The van der Waals surface area contributed by atoms with Crippen LogP contribution in [0.15, 0.2) is 12.1 Å². The van der Waals surface area contributed by atoms with Gasteiger partial charge in [-0.25, -0.2) is 0 Å². The molecule has 1 fully saturated rings. The molecule has 0 radical (unpaired) electrons. The summed E-state index contributed by atoms with van der Waals surface area (Å²) in [6.45, 7) is 6.33. The van der Waals surface area contributed by atoms with Crippen molar-refractivity contribution in [2.45, 2.75) is 39.2 Å². The summed E-state index contributed by atoms with van der Waals surface area (Å²) in [5, 5.41) is 6.42. The number of rotatable bonds is 5. The topological polar surface area (TPSA) is 41.1 Å². The normalized spacial score (nSPS) is 20.9. The zero-order valence-corrected chi connectivity index (χ0v) is 12.0. The SMILES string of the molecule is Cc1ccc(C(C)NC(=O)CCC2CCNC2)s1. The molecule has 0 aromatic carbocycles. The third-order valence-electron chi connectivity index (χ3n) is 3.51. The van der Waals surface area contributed by atoms with E-state index in [1.165, 1.54) is 16.2 Å². The lowest BCUT2D eigenvalue weighted by molar-refractivity contribution is -0.122. The zero-order valence-electron chi connectivity index (χ0n) is 11.2. The predicted molar refractivity (Wildman–Crippen MR) is 75.8 cm³/mol. The van der Waals surface area contributed by atoms with E-state index in [1.807, 2.05) is 0 Å². The van der Waals surface area contributed by atoms with Gasteiger partial charge in [0.2, 0.25) is 5.91 Å². The first-order chi connectivity index (χ1) is 8.65. The van der Waals surface area contributed by atoms with Crippen molar-refractivity contribution in [3.63, 3.8) is 0 Å². The van der Waals surface area contributed by atoms with E-state index in [2.05, 4.69) is 36.6 Å². The molecular formula is C14H22N2OS. The third kappa shape index (κ3) is 3.82. The summed E-state index contributed by atoms with van der Waals surface area (Å²) in [7, 11) is 0. The van der Waals surface area contributed by atoms with E-state index in [4.69, 9.17) is 0 Å². The summed E-state index contributed by atoms with van der Waals surface area (Å²) >= 11 is 1.76. The number of nitrogens with one attached hydrogen (secondary N) is 2. The molecule has 1 saturated heterocycles. The minimum atomic E-state index is 0.137. The van der Waals surface area contributed by atoms with Gasteiger partial charge in [-0.1, -0.05) is 0 Å². The quantitative estimate of drug-likeness (QED) is 0.860. The number of hydrogen-bond acceptors (Lipinski definition) is 3. The van der Waals surface area contributed by atoms with Crippen molar-refractivity contribution in [3.05, 3.63) is 21.9 Å². The Labute approximate surface area is 113 Å². The fraction of sp³-hybridized carbons (Fsp3) is 0.643. The molecule has 2 atom stereocenters. The summed E-state index contributed by atoms with van der Waals surface area (Å²) in [6, 6.07) is 4.34. The molecular weight excluding hydrogens is 244 g/mol. The Morgan fingerprint density at radius 2 is 2.44 bits per heavy atom. The van der Waals surface area contributed by atoms with Gasteiger partial charge in [0.05, 0.1) is 6.04 Å². The van der Waals surface area contributed by atoms with Gasteiger partial charge in [-0.3, -0.25) is 4.79 Å². The lowest BCUT2D eigenvalue weighted by Crippen LogP contribution is -2.26. The van der Waals surface area contributed by atoms with E-state index >= 15 is 0 Å². The van der Waals surface area contributed by atoms with Crippen molar-refractivity contribution >= 4 is 17.2 Å². The molecule has 2 heterocycles. The first kappa shape index (κ1) is 13.6. The zero-order chi connectivity index (χ0) is 13.0. The standard InChI is InChI=1S/C14H22N2OS/c1-10-3-5-13(18-10)11(2)16-14(17)6-4-12-7-8-15-9-12/h3,5,11-12,15H,4,6-9H2,1-2H3,(H,16,17). The average molecular weight is 266 g/mol. The Bertz CT molecular complexity index is 396. The van der Waals surface area contributed by atoms with E-state index < -0.39 is 0 Å². The molecule has 0 spiro atoms. The highest BCUT2D eigenvalue weighted by molar-refractivity contribution is 7.12. The molecule has 2 rings (SSSR count). The predicted octanol–water partition coefficient (Wildman–Crippen LogP) is 2.62. The minimum absolute atomic E-state index is 0.137. The van der Waals surface area contributed by atoms with Crippen LogP contribution < -0.4 is 10.6 Å². The second-order valence-electron chi connectivity index (χ2n) is 5.14. The van der Waals surface area contributed by atoms with E-state index in [0.717, 1.165) is 19.5 Å². The van der Waals surface area contributed by atoms with Crippen LogP contribution >= 0.6 is 11.3 Å². The summed E-state index contributed by atoms with van der Waals surface area (Å²) < 4.78 is 0. The number of hydrogen-bond donors (Lipinski definition) is 2. The highest BCUT2D eigenvalue weighted by atomic mass is 32.1. The van der Waals surface area contributed by atoms with Gasteiger partial charge in [-0.15, -0.1) is 11.3 Å². The summed E-state index contributed by atoms with van der Waals surface area (Å²) in [5.41, 5.74) is 0. The second-order valence-corrected chi connectivity index (χ2v) is 6.45. The maximum Gasteiger partial charge on any atom is 0.220 e. The molecule has 3 nitrogen and oxygen atoms in total. The molecule has 2 N–H and O–H groups in total. The van der Waals surface area contributed by atoms with Crippen LogP contribution in [-0.2, 0) is 4.79 Å². The van der Waals surface area contributed by atoms with Gasteiger partial charge in [-0.05, 0) is 57.8 Å². The molecule has 0 aliphatic carbocycles. The first-order valence-corrected chi connectivity index (χ1v) is 7.53. The first-order valence-electron chi connectivity index (χ1n) is 6.71. The van der Waals surface area contributed by atoms with Crippen LogP contribution in [-0.4, -0.2) is 19.0 Å². The molecule has 1 amide bonds. The van der Waals surface area contributed by atoms with Crippen LogP contribution in [0.5, 0.6) is 0 Å². The smallest absolute Gasteiger partial charge is 0.220 e. The minimum Gasteiger partial charge on any atom is -0.349 e. The summed E-state index contributed by atoms with van der Waals surface area (Å²) in [6.07, 6.45) is 2.88. The Balaban J connectivity index is 1.73. The summed E-state index contributed by atoms with van der Waals surface area (Å²) in [4.78, 5) is 14.4. The van der Waals surface area contributed by atoms with Gasteiger partial charge < -0.3 is 10.6 Å². The van der Waals surface area contributed by atoms with Crippen LogP contribution in [0.2, 0.25) is 0 Å². The largest absolute Gasteiger partial charge is 0.349 e. The highest BCUT2D eigenvalue weighted by Crippen LogP contribution is 2.22. The number of thiophene rings is 1. The van der Waals surface area contributed by atoms with Gasteiger partial charge in [0, 0.05) is 16.2 Å². The Hall–Kier alpha value is -0.870. The summed E-state index contributed by atoms with van der Waals surface area (Å²) in [5.74, 6) is 0.871. The molecule has 100 valence electrons. The van der Waals surface area contributed by atoms with Gasteiger partial charge >= 0.3 is 0 Å². The van der Waals surface area contributed by atoms with Crippen LogP contribution in [0.25, 0.3) is 0 Å². The molecule has 18 heavy (non-hydrogen) atoms.